The first kappa shape index (κ1) is 14.4. The van der Waals surface area contributed by atoms with Crippen molar-refractivity contribution in [3.63, 3.8) is 0 Å². The normalized spacial score (nSPS) is 18.1. The van der Waals surface area contributed by atoms with Crippen molar-refractivity contribution in [3.05, 3.63) is 39.4 Å². The van der Waals surface area contributed by atoms with Crippen molar-refractivity contribution in [2.45, 2.75) is 32.1 Å². The van der Waals surface area contributed by atoms with E-state index in [0.717, 1.165) is 16.8 Å². The third-order valence-corrected chi connectivity index (χ3v) is 4.60. The van der Waals surface area contributed by atoms with E-state index in [2.05, 4.69) is 22.0 Å². The lowest BCUT2D eigenvalue weighted by Gasteiger charge is -2.23. The minimum atomic E-state index is 0.700. The molecule has 0 unspecified atom stereocenters. The third-order valence-electron chi connectivity index (χ3n) is 3.52. The molecule has 0 aliphatic heterocycles. The summed E-state index contributed by atoms with van der Waals surface area (Å²) in [5, 5.41) is 2.33. The average molecular weight is 348 g/mol. The number of allylic oxidation sites excluding steroid dienone is 1. The van der Waals surface area contributed by atoms with E-state index in [-0.39, 0.29) is 0 Å². The first-order valence-corrected chi connectivity index (χ1v) is 8.29. The molecule has 0 saturated heterocycles. The number of rotatable bonds is 3. The molecule has 0 N–H and O–H groups in total. The highest BCUT2D eigenvalue weighted by molar-refractivity contribution is 9.09. The molecular weight excluding hydrogens is 331 g/mol. The summed E-state index contributed by atoms with van der Waals surface area (Å²) in [4.78, 5) is 0. The lowest BCUT2D eigenvalue weighted by atomic mass is 9.84. The molecule has 1 aromatic carbocycles. The van der Waals surface area contributed by atoms with E-state index in [9.17, 15) is 0 Å². The highest BCUT2D eigenvalue weighted by Gasteiger charge is 2.17. The Balaban J connectivity index is 2.22. The minimum Gasteiger partial charge on any atom is -0.0880 e. The second-order valence-electron chi connectivity index (χ2n) is 4.89. The van der Waals surface area contributed by atoms with Gasteiger partial charge in [0.1, 0.15) is 0 Å². The Morgan fingerprint density at radius 2 is 1.72 bits per heavy atom. The van der Waals surface area contributed by atoms with Gasteiger partial charge < -0.3 is 0 Å². The lowest BCUT2D eigenvalue weighted by molar-refractivity contribution is 0.405. The summed E-state index contributed by atoms with van der Waals surface area (Å²) in [5.41, 5.74) is 2.57. The predicted molar refractivity (Wildman–Crippen MR) is 84.8 cm³/mol. The molecule has 1 fully saturated rings. The van der Waals surface area contributed by atoms with Gasteiger partial charge in [0.25, 0.3) is 0 Å². The van der Waals surface area contributed by atoms with Gasteiger partial charge in [-0.3, -0.25) is 0 Å². The van der Waals surface area contributed by atoms with Crippen LogP contribution in [0.5, 0.6) is 0 Å². The molecule has 0 spiro atoms. The topological polar surface area (TPSA) is 0 Å². The maximum absolute atomic E-state index is 6.04. The Morgan fingerprint density at radius 1 is 1.11 bits per heavy atom. The van der Waals surface area contributed by atoms with Gasteiger partial charge in [0.15, 0.2) is 0 Å². The molecule has 1 aromatic rings. The molecule has 18 heavy (non-hydrogen) atoms. The molecule has 0 aromatic heterocycles. The summed E-state index contributed by atoms with van der Waals surface area (Å²) in [7, 11) is 0. The van der Waals surface area contributed by atoms with Crippen LogP contribution in [-0.4, -0.2) is 5.33 Å². The fraction of sp³-hybridized carbons (Fsp3) is 0.467. The van der Waals surface area contributed by atoms with Gasteiger partial charge in [-0.05, 0) is 42.5 Å². The molecule has 0 bridgehead atoms. The van der Waals surface area contributed by atoms with Crippen molar-refractivity contribution in [1.82, 2.24) is 0 Å². The van der Waals surface area contributed by atoms with Crippen LogP contribution in [0.1, 0.15) is 37.7 Å². The van der Waals surface area contributed by atoms with Crippen molar-refractivity contribution in [3.8, 4) is 0 Å². The number of hydrogen-bond acceptors (Lipinski definition) is 0. The van der Waals surface area contributed by atoms with E-state index >= 15 is 0 Å². The fourth-order valence-electron chi connectivity index (χ4n) is 2.61. The number of benzene rings is 1. The lowest BCUT2D eigenvalue weighted by Crippen LogP contribution is -2.10. The van der Waals surface area contributed by atoms with Gasteiger partial charge in [0.05, 0.1) is 0 Å². The molecule has 98 valence electrons. The molecule has 0 heterocycles. The van der Waals surface area contributed by atoms with Gasteiger partial charge in [-0.15, -0.1) is 0 Å². The van der Waals surface area contributed by atoms with E-state index < -0.39 is 0 Å². The summed E-state index contributed by atoms with van der Waals surface area (Å²) in [5.74, 6) is 0.718. The zero-order chi connectivity index (χ0) is 13.0. The molecule has 3 heteroatoms. The van der Waals surface area contributed by atoms with E-state index in [1.54, 1.807) is 6.07 Å². The maximum atomic E-state index is 6.04. The quantitative estimate of drug-likeness (QED) is 0.558. The number of alkyl halides is 1. The van der Waals surface area contributed by atoms with E-state index in [4.69, 9.17) is 23.2 Å². The summed E-state index contributed by atoms with van der Waals surface area (Å²) in [6, 6.07) is 5.71. The van der Waals surface area contributed by atoms with Gasteiger partial charge in [-0.2, -0.15) is 0 Å². The highest BCUT2D eigenvalue weighted by Crippen LogP contribution is 2.32. The predicted octanol–water partition coefficient (Wildman–Crippen LogP) is 6.35. The van der Waals surface area contributed by atoms with Crippen molar-refractivity contribution in [1.29, 1.82) is 0 Å². The van der Waals surface area contributed by atoms with Crippen LogP contribution < -0.4 is 0 Å². The number of hydrogen-bond donors (Lipinski definition) is 0. The van der Waals surface area contributed by atoms with E-state index in [0.29, 0.717) is 10.0 Å². The molecule has 1 saturated carbocycles. The zero-order valence-electron chi connectivity index (χ0n) is 10.3. The summed E-state index contributed by atoms with van der Waals surface area (Å²) < 4.78 is 0. The molecule has 1 aliphatic carbocycles. The Labute approximate surface area is 127 Å². The summed E-state index contributed by atoms with van der Waals surface area (Å²) >= 11 is 15.7. The Hall–Kier alpha value is 0.0200. The van der Waals surface area contributed by atoms with Crippen molar-refractivity contribution >= 4 is 45.2 Å². The standard InChI is InChI=1S/C15H17BrCl2/c16-10-13(12-4-2-1-3-5-12)6-11-7-14(17)9-15(18)8-11/h6-9,12H,1-5,10H2. The summed E-state index contributed by atoms with van der Waals surface area (Å²) in [6.45, 7) is 0. The van der Waals surface area contributed by atoms with Crippen LogP contribution in [0.15, 0.2) is 23.8 Å². The van der Waals surface area contributed by atoms with Gasteiger partial charge in [0, 0.05) is 15.4 Å². The van der Waals surface area contributed by atoms with Gasteiger partial charge in [-0.25, -0.2) is 0 Å². The van der Waals surface area contributed by atoms with Crippen LogP contribution in [0.3, 0.4) is 0 Å². The minimum absolute atomic E-state index is 0.700. The van der Waals surface area contributed by atoms with E-state index in [1.807, 2.05) is 12.1 Å². The van der Waals surface area contributed by atoms with Gasteiger partial charge in [0.2, 0.25) is 0 Å². The summed E-state index contributed by atoms with van der Waals surface area (Å²) in [6.07, 6.45) is 8.95. The Kier molecular flexibility index (Phi) is 5.59. The molecule has 1 aliphatic rings. The fourth-order valence-corrected chi connectivity index (χ4v) is 3.77. The first-order valence-electron chi connectivity index (χ1n) is 6.41. The third kappa shape index (κ3) is 4.01. The van der Waals surface area contributed by atoms with Crippen LogP contribution in [-0.2, 0) is 0 Å². The Morgan fingerprint density at radius 3 is 2.28 bits per heavy atom. The molecule has 0 nitrogen and oxygen atoms in total. The smallest absolute Gasteiger partial charge is 0.0426 e. The SMILES string of the molecule is Clc1cc(Cl)cc(C=C(CBr)C2CCCCC2)c1. The van der Waals surface area contributed by atoms with Crippen LogP contribution in [0, 0.1) is 5.92 Å². The average Bonchev–Trinajstić information content (AvgIpc) is 2.36. The second-order valence-corrected chi connectivity index (χ2v) is 6.32. The monoisotopic (exact) mass is 346 g/mol. The molecule has 0 atom stereocenters. The van der Waals surface area contributed by atoms with Crippen LogP contribution in [0.2, 0.25) is 10.0 Å². The van der Waals surface area contributed by atoms with E-state index in [1.165, 1.54) is 37.7 Å². The van der Waals surface area contributed by atoms with Crippen molar-refractivity contribution in [2.24, 2.45) is 5.92 Å². The highest BCUT2D eigenvalue weighted by atomic mass is 79.9. The first-order chi connectivity index (χ1) is 8.69. The van der Waals surface area contributed by atoms with Crippen LogP contribution in [0.25, 0.3) is 6.08 Å². The molecular formula is C15H17BrCl2. The largest absolute Gasteiger partial charge is 0.0880 e. The number of halogens is 3. The van der Waals surface area contributed by atoms with Crippen LogP contribution in [0.4, 0.5) is 0 Å². The molecule has 0 amide bonds. The Bertz CT molecular complexity index is 414. The van der Waals surface area contributed by atoms with Gasteiger partial charge in [-0.1, -0.05) is 70.0 Å². The van der Waals surface area contributed by atoms with Crippen molar-refractivity contribution in [2.75, 3.05) is 5.33 Å². The zero-order valence-corrected chi connectivity index (χ0v) is 13.4. The second kappa shape index (κ2) is 6.98. The van der Waals surface area contributed by atoms with Gasteiger partial charge >= 0.3 is 0 Å². The van der Waals surface area contributed by atoms with Crippen molar-refractivity contribution < 1.29 is 0 Å². The molecule has 0 radical (unpaired) electrons. The van der Waals surface area contributed by atoms with Crippen LogP contribution >= 0.6 is 39.1 Å². The maximum Gasteiger partial charge on any atom is 0.0426 e. The molecule has 2 rings (SSSR count).